The first-order chi connectivity index (χ1) is 9.49. The molecule has 0 N–H and O–H groups in total. The van der Waals surface area contributed by atoms with Gasteiger partial charge in [0.25, 0.3) is 0 Å². The van der Waals surface area contributed by atoms with Gasteiger partial charge in [-0.1, -0.05) is 6.92 Å². The van der Waals surface area contributed by atoms with Crippen LogP contribution in [0.5, 0.6) is 0 Å². The summed E-state index contributed by atoms with van der Waals surface area (Å²) in [5, 5.41) is -0.528. The van der Waals surface area contributed by atoms with Crippen molar-refractivity contribution in [1.29, 1.82) is 0 Å². The summed E-state index contributed by atoms with van der Waals surface area (Å²) < 4.78 is 24.5. The summed E-state index contributed by atoms with van der Waals surface area (Å²) in [6, 6.07) is 1.74. The normalized spacial score (nSPS) is 19.9. The summed E-state index contributed by atoms with van der Waals surface area (Å²) in [4.78, 5) is 16.9. The zero-order chi connectivity index (χ0) is 14.8. The number of thioether (sulfide) groups is 1. The predicted molar refractivity (Wildman–Crippen MR) is 82.3 cm³/mol. The van der Waals surface area contributed by atoms with Gasteiger partial charge in [-0.25, -0.2) is 13.4 Å². The SMILES string of the molecule is CCS(=O)(=O)C1CSCCN1c1ncc(C=O)cc1C. The number of aryl methyl sites for hydroxylation is 1. The van der Waals surface area contributed by atoms with Gasteiger partial charge in [0.15, 0.2) is 16.1 Å². The van der Waals surface area contributed by atoms with Crippen LogP contribution in [-0.4, -0.2) is 48.9 Å². The molecule has 2 rings (SSSR count). The highest BCUT2D eigenvalue weighted by molar-refractivity contribution is 8.01. The smallest absolute Gasteiger partial charge is 0.171 e. The molecule has 1 unspecified atom stereocenters. The van der Waals surface area contributed by atoms with Gasteiger partial charge in [0.2, 0.25) is 0 Å². The molecule has 1 aliphatic rings. The van der Waals surface area contributed by atoms with E-state index >= 15 is 0 Å². The van der Waals surface area contributed by atoms with Crippen molar-refractivity contribution in [3.05, 3.63) is 23.4 Å². The molecule has 0 spiro atoms. The summed E-state index contributed by atoms with van der Waals surface area (Å²) in [5.74, 6) is 2.23. The Balaban J connectivity index is 2.40. The van der Waals surface area contributed by atoms with E-state index in [0.29, 0.717) is 23.7 Å². The summed E-state index contributed by atoms with van der Waals surface area (Å²) in [7, 11) is -3.16. The number of aromatic nitrogens is 1. The van der Waals surface area contributed by atoms with Gasteiger partial charge in [-0.15, -0.1) is 0 Å². The van der Waals surface area contributed by atoms with Crippen LogP contribution < -0.4 is 4.90 Å². The number of anilines is 1. The molecule has 1 atom stereocenters. The highest BCUT2D eigenvalue weighted by Crippen LogP contribution is 2.28. The molecular weight excluding hydrogens is 296 g/mol. The lowest BCUT2D eigenvalue weighted by Crippen LogP contribution is -2.48. The van der Waals surface area contributed by atoms with Crippen molar-refractivity contribution in [1.82, 2.24) is 4.98 Å². The zero-order valence-corrected chi connectivity index (χ0v) is 13.2. The number of hydrogen-bond donors (Lipinski definition) is 0. The van der Waals surface area contributed by atoms with Gasteiger partial charge in [-0.05, 0) is 18.6 Å². The molecule has 2 heterocycles. The minimum atomic E-state index is -3.16. The topological polar surface area (TPSA) is 67.3 Å². The van der Waals surface area contributed by atoms with E-state index in [9.17, 15) is 13.2 Å². The first-order valence-corrected chi connectivity index (χ1v) is 9.34. The van der Waals surface area contributed by atoms with Crippen molar-refractivity contribution in [2.24, 2.45) is 0 Å². The van der Waals surface area contributed by atoms with Crippen molar-refractivity contribution < 1.29 is 13.2 Å². The fraction of sp³-hybridized carbons (Fsp3) is 0.538. The van der Waals surface area contributed by atoms with Crippen molar-refractivity contribution in [2.75, 3.05) is 28.7 Å². The average Bonchev–Trinajstić information content (AvgIpc) is 2.47. The molecule has 1 saturated heterocycles. The van der Waals surface area contributed by atoms with Crippen LogP contribution in [0.3, 0.4) is 0 Å². The first-order valence-electron chi connectivity index (χ1n) is 6.47. The summed E-state index contributed by atoms with van der Waals surface area (Å²) in [5.41, 5.74) is 1.34. The first kappa shape index (κ1) is 15.3. The number of rotatable bonds is 4. The maximum Gasteiger partial charge on any atom is 0.171 e. The quantitative estimate of drug-likeness (QED) is 0.785. The van der Waals surface area contributed by atoms with Crippen LogP contribution in [0.25, 0.3) is 0 Å². The van der Waals surface area contributed by atoms with E-state index in [1.54, 1.807) is 24.8 Å². The minimum absolute atomic E-state index is 0.125. The second-order valence-electron chi connectivity index (χ2n) is 4.70. The van der Waals surface area contributed by atoms with Crippen LogP contribution in [0.2, 0.25) is 0 Å². The number of carbonyl (C=O) groups excluding carboxylic acids is 1. The molecule has 0 bridgehead atoms. The van der Waals surface area contributed by atoms with Crippen LogP contribution in [-0.2, 0) is 9.84 Å². The maximum absolute atomic E-state index is 12.2. The largest absolute Gasteiger partial charge is 0.338 e. The van der Waals surface area contributed by atoms with E-state index in [1.807, 2.05) is 11.8 Å². The molecule has 1 fully saturated rings. The molecule has 20 heavy (non-hydrogen) atoms. The Morgan fingerprint density at radius 2 is 2.30 bits per heavy atom. The van der Waals surface area contributed by atoms with E-state index in [1.165, 1.54) is 6.20 Å². The fourth-order valence-electron chi connectivity index (χ4n) is 2.27. The van der Waals surface area contributed by atoms with Crippen LogP contribution in [0.15, 0.2) is 12.3 Å². The second-order valence-corrected chi connectivity index (χ2v) is 8.30. The van der Waals surface area contributed by atoms with E-state index in [4.69, 9.17) is 0 Å². The third-order valence-electron chi connectivity index (χ3n) is 3.38. The number of hydrogen-bond acceptors (Lipinski definition) is 6. The van der Waals surface area contributed by atoms with Crippen molar-refractivity contribution >= 4 is 33.7 Å². The van der Waals surface area contributed by atoms with Gasteiger partial charge in [0.05, 0.1) is 0 Å². The lowest BCUT2D eigenvalue weighted by Gasteiger charge is -2.36. The van der Waals surface area contributed by atoms with Crippen LogP contribution >= 0.6 is 11.8 Å². The summed E-state index contributed by atoms with van der Waals surface area (Å²) in [6.45, 7) is 4.18. The highest BCUT2D eigenvalue weighted by Gasteiger charge is 2.34. The van der Waals surface area contributed by atoms with Gasteiger partial charge < -0.3 is 4.90 Å². The Morgan fingerprint density at radius 1 is 1.55 bits per heavy atom. The lowest BCUT2D eigenvalue weighted by atomic mass is 10.2. The monoisotopic (exact) mass is 314 g/mol. The van der Waals surface area contributed by atoms with Crippen molar-refractivity contribution in [3.63, 3.8) is 0 Å². The summed E-state index contributed by atoms with van der Waals surface area (Å²) in [6.07, 6.45) is 2.24. The predicted octanol–water partition coefficient (Wildman–Crippen LogP) is 1.52. The van der Waals surface area contributed by atoms with E-state index in [0.717, 1.165) is 17.6 Å². The molecular formula is C13H18N2O3S2. The van der Waals surface area contributed by atoms with Gasteiger partial charge >= 0.3 is 0 Å². The molecule has 0 aliphatic carbocycles. The molecule has 0 saturated carbocycles. The molecule has 0 aromatic carbocycles. The Labute approximate surface area is 123 Å². The molecule has 5 nitrogen and oxygen atoms in total. The molecule has 0 amide bonds. The summed E-state index contributed by atoms with van der Waals surface area (Å²) >= 11 is 1.65. The Hall–Kier alpha value is -1.08. The molecule has 110 valence electrons. The Morgan fingerprint density at radius 3 is 2.90 bits per heavy atom. The molecule has 7 heteroatoms. The Kier molecular flexibility index (Phi) is 4.70. The third kappa shape index (κ3) is 2.98. The number of pyridine rings is 1. The molecule has 1 aromatic heterocycles. The van der Waals surface area contributed by atoms with Gasteiger partial charge in [-0.3, -0.25) is 4.79 Å². The zero-order valence-electron chi connectivity index (χ0n) is 11.6. The number of aldehydes is 1. The van der Waals surface area contributed by atoms with Crippen LogP contribution in [0.4, 0.5) is 5.82 Å². The molecule has 1 aromatic rings. The van der Waals surface area contributed by atoms with Crippen LogP contribution in [0.1, 0.15) is 22.8 Å². The standard InChI is InChI=1S/C13H18N2O3S2/c1-3-20(17,18)12-9-19-5-4-15(12)13-10(2)6-11(8-16)7-14-13/h6-8,12H,3-5,9H2,1-2H3. The van der Waals surface area contributed by atoms with E-state index in [-0.39, 0.29) is 5.75 Å². The molecule has 0 radical (unpaired) electrons. The van der Waals surface area contributed by atoms with Gasteiger partial charge in [0.1, 0.15) is 11.2 Å². The maximum atomic E-state index is 12.2. The molecule has 1 aliphatic heterocycles. The van der Waals surface area contributed by atoms with Gasteiger partial charge in [0, 0.05) is 35.6 Å². The van der Waals surface area contributed by atoms with E-state index < -0.39 is 15.2 Å². The third-order valence-corrected chi connectivity index (χ3v) is 6.67. The second kappa shape index (κ2) is 6.13. The Bertz CT molecular complexity index is 602. The number of sulfone groups is 1. The van der Waals surface area contributed by atoms with Gasteiger partial charge in [-0.2, -0.15) is 11.8 Å². The lowest BCUT2D eigenvalue weighted by molar-refractivity contribution is 0.112. The van der Waals surface area contributed by atoms with E-state index in [2.05, 4.69) is 4.98 Å². The highest BCUT2D eigenvalue weighted by atomic mass is 32.2. The van der Waals surface area contributed by atoms with Crippen LogP contribution in [0, 0.1) is 6.92 Å². The fourth-order valence-corrected chi connectivity index (χ4v) is 5.24. The minimum Gasteiger partial charge on any atom is -0.338 e. The van der Waals surface area contributed by atoms with Crippen molar-refractivity contribution in [3.8, 4) is 0 Å². The number of carbonyl (C=O) groups is 1. The number of nitrogens with zero attached hydrogens (tertiary/aromatic N) is 2. The van der Waals surface area contributed by atoms with Crippen molar-refractivity contribution in [2.45, 2.75) is 19.2 Å². The average molecular weight is 314 g/mol.